The van der Waals surface area contributed by atoms with Gasteiger partial charge in [0.25, 0.3) is 0 Å². The number of nitriles is 1. The van der Waals surface area contributed by atoms with Crippen LogP contribution in [0.1, 0.15) is 18.4 Å². The van der Waals surface area contributed by atoms with Gasteiger partial charge in [-0.2, -0.15) is 5.26 Å². The normalized spacial score (nSPS) is 26.4. The fourth-order valence-corrected chi connectivity index (χ4v) is 2.40. The fraction of sp³-hybridized carbons (Fsp3) is 0.462. The smallest absolute Gasteiger partial charge is 0.406 e. The maximum absolute atomic E-state index is 12.4. The van der Waals surface area contributed by atoms with Crippen molar-refractivity contribution in [3.63, 3.8) is 0 Å². The van der Waals surface area contributed by atoms with Gasteiger partial charge in [0.2, 0.25) is 0 Å². The first-order chi connectivity index (χ1) is 8.88. The summed E-state index contributed by atoms with van der Waals surface area (Å²) in [5.74, 6) is -0.462. The second kappa shape index (κ2) is 4.72. The van der Waals surface area contributed by atoms with E-state index in [1.165, 1.54) is 24.3 Å². The van der Waals surface area contributed by atoms with E-state index in [4.69, 9.17) is 0 Å². The topological polar surface area (TPSA) is 33.0 Å². The average molecular weight is 273 g/mol. The minimum Gasteiger partial charge on any atom is -0.406 e. The summed E-state index contributed by atoms with van der Waals surface area (Å²) in [5.41, 5.74) is -0.165. The quantitative estimate of drug-likeness (QED) is 0.786. The van der Waals surface area contributed by atoms with Crippen molar-refractivity contribution in [2.45, 2.75) is 24.6 Å². The van der Waals surface area contributed by atoms with Gasteiger partial charge >= 0.3 is 6.36 Å². The Balaban J connectivity index is 2.13. The van der Waals surface area contributed by atoms with Gasteiger partial charge in [-0.3, -0.25) is 4.39 Å². The van der Waals surface area contributed by atoms with Crippen LogP contribution in [0.4, 0.5) is 17.6 Å². The van der Waals surface area contributed by atoms with Gasteiger partial charge in [0.05, 0.1) is 18.2 Å². The number of halogens is 4. The maximum atomic E-state index is 12.4. The first-order valence-electron chi connectivity index (χ1n) is 5.72. The van der Waals surface area contributed by atoms with Crippen LogP contribution in [0.2, 0.25) is 0 Å². The molecule has 102 valence electrons. The Bertz CT molecular complexity index is 483. The highest BCUT2D eigenvalue weighted by Gasteiger charge is 2.46. The lowest BCUT2D eigenvalue weighted by molar-refractivity contribution is -0.274. The van der Waals surface area contributed by atoms with Gasteiger partial charge in [-0.25, -0.2) is 0 Å². The first kappa shape index (κ1) is 13.7. The van der Waals surface area contributed by atoms with E-state index in [0.717, 1.165) is 0 Å². The van der Waals surface area contributed by atoms with Gasteiger partial charge in [0, 0.05) is 0 Å². The Kier molecular flexibility index (Phi) is 3.40. The van der Waals surface area contributed by atoms with E-state index in [1.54, 1.807) is 0 Å². The predicted molar refractivity (Wildman–Crippen MR) is 59.1 cm³/mol. The monoisotopic (exact) mass is 273 g/mol. The molecular weight excluding hydrogens is 262 g/mol. The van der Waals surface area contributed by atoms with Crippen LogP contribution in [0.15, 0.2) is 24.3 Å². The van der Waals surface area contributed by atoms with Crippen LogP contribution in [-0.2, 0) is 5.41 Å². The second-order valence-electron chi connectivity index (χ2n) is 4.69. The Morgan fingerprint density at radius 2 is 1.84 bits per heavy atom. The van der Waals surface area contributed by atoms with E-state index in [2.05, 4.69) is 10.8 Å². The summed E-state index contributed by atoms with van der Waals surface area (Å²) in [7, 11) is 0. The molecule has 0 atom stereocenters. The highest BCUT2D eigenvalue weighted by molar-refractivity contribution is 5.39. The zero-order valence-electron chi connectivity index (χ0n) is 9.88. The van der Waals surface area contributed by atoms with E-state index in [0.29, 0.717) is 18.4 Å². The minimum atomic E-state index is -4.73. The Hall–Kier alpha value is -1.77. The number of nitrogens with zero attached hydrogens (tertiary/aromatic N) is 1. The number of alkyl halides is 4. The highest BCUT2D eigenvalue weighted by Crippen LogP contribution is 2.47. The molecular formula is C13H11F4NO. The minimum absolute atomic E-state index is 0.134. The lowest BCUT2D eigenvalue weighted by atomic mass is 9.60. The highest BCUT2D eigenvalue weighted by atomic mass is 19.4. The van der Waals surface area contributed by atoms with E-state index in [9.17, 15) is 22.8 Å². The summed E-state index contributed by atoms with van der Waals surface area (Å²) >= 11 is 0. The van der Waals surface area contributed by atoms with Crippen molar-refractivity contribution < 1.29 is 22.3 Å². The molecule has 1 fully saturated rings. The molecule has 6 heteroatoms. The largest absolute Gasteiger partial charge is 0.573 e. The van der Waals surface area contributed by atoms with Gasteiger partial charge in [0.15, 0.2) is 0 Å². The third kappa shape index (κ3) is 2.80. The van der Waals surface area contributed by atoms with Gasteiger partial charge in [-0.05, 0) is 36.5 Å². The van der Waals surface area contributed by atoms with Crippen molar-refractivity contribution in [1.82, 2.24) is 0 Å². The summed E-state index contributed by atoms with van der Waals surface area (Å²) in [6, 6.07) is 7.33. The lowest BCUT2D eigenvalue weighted by Gasteiger charge is -2.41. The van der Waals surface area contributed by atoms with E-state index in [-0.39, 0.29) is 11.7 Å². The number of hydrogen-bond acceptors (Lipinski definition) is 2. The Labute approximate surface area is 107 Å². The van der Waals surface area contributed by atoms with Crippen LogP contribution in [-0.4, -0.2) is 13.0 Å². The van der Waals surface area contributed by atoms with E-state index >= 15 is 0 Å². The zero-order valence-corrected chi connectivity index (χ0v) is 9.88. The van der Waals surface area contributed by atoms with Crippen LogP contribution in [0.25, 0.3) is 0 Å². The van der Waals surface area contributed by atoms with Crippen molar-refractivity contribution in [1.29, 1.82) is 5.26 Å². The Morgan fingerprint density at radius 3 is 2.26 bits per heavy atom. The molecule has 1 aromatic carbocycles. The molecule has 0 spiro atoms. The summed E-state index contributed by atoms with van der Waals surface area (Å²) in [6.07, 6.45) is -3.93. The number of hydrogen-bond donors (Lipinski definition) is 0. The van der Waals surface area contributed by atoms with Crippen molar-refractivity contribution >= 4 is 0 Å². The summed E-state index contributed by atoms with van der Waals surface area (Å²) in [4.78, 5) is 0. The molecule has 1 aliphatic rings. The number of benzene rings is 1. The molecule has 1 saturated carbocycles. The maximum Gasteiger partial charge on any atom is 0.573 e. The molecule has 2 rings (SSSR count). The third-order valence-corrected chi connectivity index (χ3v) is 3.35. The van der Waals surface area contributed by atoms with Gasteiger partial charge in [0.1, 0.15) is 5.75 Å². The molecule has 0 aromatic heterocycles. The SMILES string of the molecule is N#CC1(c2ccc(OC(F)(F)F)cc2)CC(CF)C1. The Morgan fingerprint density at radius 1 is 1.26 bits per heavy atom. The average Bonchev–Trinajstić information content (AvgIpc) is 2.29. The van der Waals surface area contributed by atoms with Crippen LogP contribution in [0, 0.1) is 17.2 Å². The summed E-state index contributed by atoms with van der Waals surface area (Å²) in [6.45, 7) is -0.474. The van der Waals surface area contributed by atoms with Crippen molar-refractivity contribution in [3.05, 3.63) is 29.8 Å². The number of rotatable bonds is 3. The molecule has 1 aliphatic carbocycles. The molecule has 0 N–H and O–H groups in total. The molecule has 2 nitrogen and oxygen atoms in total. The number of ether oxygens (including phenoxy) is 1. The lowest BCUT2D eigenvalue weighted by Crippen LogP contribution is -2.40. The van der Waals surface area contributed by atoms with E-state index in [1.807, 2.05) is 0 Å². The standard InChI is InChI=1S/C13H11F4NO/c14-7-9-5-12(6-9,8-18)10-1-3-11(4-2-10)19-13(15,16)17/h1-4,9H,5-7H2. The zero-order chi connectivity index (χ0) is 14.1. The third-order valence-electron chi connectivity index (χ3n) is 3.35. The molecule has 0 aliphatic heterocycles. The van der Waals surface area contributed by atoms with Crippen LogP contribution < -0.4 is 4.74 Å². The molecule has 0 heterocycles. The van der Waals surface area contributed by atoms with Crippen molar-refractivity contribution in [3.8, 4) is 11.8 Å². The summed E-state index contributed by atoms with van der Waals surface area (Å²) < 4.78 is 52.2. The molecule has 0 radical (unpaired) electrons. The van der Waals surface area contributed by atoms with Crippen LogP contribution >= 0.6 is 0 Å². The van der Waals surface area contributed by atoms with Gasteiger partial charge < -0.3 is 4.74 Å². The van der Waals surface area contributed by atoms with E-state index < -0.39 is 18.5 Å². The van der Waals surface area contributed by atoms with Crippen molar-refractivity contribution in [2.75, 3.05) is 6.67 Å². The fourth-order valence-electron chi connectivity index (χ4n) is 2.40. The first-order valence-corrected chi connectivity index (χ1v) is 5.72. The van der Waals surface area contributed by atoms with Crippen molar-refractivity contribution in [2.24, 2.45) is 5.92 Å². The van der Waals surface area contributed by atoms with Crippen LogP contribution in [0.3, 0.4) is 0 Å². The van der Waals surface area contributed by atoms with Gasteiger partial charge in [-0.15, -0.1) is 13.2 Å². The van der Waals surface area contributed by atoms with Gasteiger partial charge in [-0.1, -0.05) is 12.1 Å². The molecule has 0 unspecified atom stereocenters. The summed E-state index contributed by atoms with van der Waals surface area (Å²) in [5, 5.41) is 9.18. The molecule has 0 saturated heterocycles. The molecule has 0 amide bonds. The molecule has 1 aromatic rings. The predicted octanol–water partition coefficient (Wildman–Crippen LogP) is 3.73. The molecule has 19 heavy (non-hydrogen) atoms. The van der Waals surface area contributed by atoms with Crippen LogP contribution in [0.5, 0.6) is 5.75 Å². The molecule has 0 bridgehead atoms. The second-order valence-corrected chi connectivity index (χ2v) is 4.69.